The van der Waals surface area contributed by atoms with Gasteiger partial charge in [-0.2, -0.15) is 0 Å². The van der Waals surface area contributed by atoms with Crippen LogP contribution in [0.4, 0.5) is 0 Å². The standard InChI is InChI=1S/C13H24N2O2/c1-2-8-15(11-5-3-7-14-10-11)13(16)12-6-4-9-17-12/h11-12,14H,2-10H2,1H3/t11?,12-/m0/s1. The molecule has 1 unspecified atom stereocenters. The van der Waals surface area contributed by atoms with Crippen molar-refractivity contribution >= 4 is 5.91 Å². The third-order valence-electron chi connectivity index (χ3n) is 3.66. The largest absolute Gasteiger partial charge is 0.368 e. The quantitative estimate of drug-likeness (QED) is 0.801. The van der Waals surface area contributed by atoms with Gasteiger partial charge < -0.3 is 15.0 Å². The number of carbonyl (C=O) groups is 1. The maximum atomic E-state index is 12.4. The van der Waals surface area contributed by atoms with Crippen molar-refractivity contribution in [3.8, 4) is 0 Å². The molecule has 0 aromatic carbocycles. The van der Waals surface area contributed by atoms with Crippen LogP contribution in [0.2, 0.25) is 0 Å². The average molecular weight is 240 g/mol. The van der Waals surface area contributed by atoms with E-state index in [-0.39, 0.29) is 12.0 Å². The predicted molar refractivity (Wildman–Crippen MR) is 66.9 cm³/mol. The van der Waals surface area contributed by atoms with Gasteiger partial charge in [-0.3, -0.25) is 4.79 Å². The van der Waals surface area contributed by atoms with E-state index in [9.17, 15) is 4.79 Å². The number of piperidine rings is 1. The van der Waals surface area contributed by atoms with E-state index in [1.54, 1.807) is 0 Å². The van der Waals surface area contributed by atoms with E-state index in [2.05, 4.69) is 17.1 Å². The Hall–Kier alpha value is -0.610. The molecule has 2 saturated heterocycles. The van der Waals surface area contributed by atoms with Crippen molar-refractivity contribution in [1.82, 2.24) is 10.2 Å². The lowest BCUT2D eigenvalue weighted by molar-refractivity contribution is -0.143. The van der Waals surface area contributed by atoms with Crippen LogP contribution in [0.3, 0.4) is 0 Å². The second-order valence-electron chi connectivity index (χ2n) is 5.03. The van der Waals surface area contributed by atoms with Crippen molar-refractivity contribution < 1.29 is 9.53 Å². The van der Waals surface area contributed by atoms with Crippen LogP contribution < -0.4 is 5.32 Å². The first-order valence-electron chi connectivity index (χ1n) is 6.95. The second-order valence-corrected chi connectivity index (χ2v) is 5.03. The van der Waals surface area contributed by atoms with E-state index >= 15 is 0 Å². The van der Waals surface area contributed by atoms with Crippen molar-refractivity contribution in [1.29, 1.82) is 0 Å². The van der Waals surface area contributed by atoms with Crippen LogP contribution in [0, 0.1) is 0 Å². The molecule has 2 aliphatic heterocycles. The first-order valence-corrected chi connectivity index (χ1v) is 6.95. The summed E-state index contributed by atoms with van der Waals surface area (Å²) in [6.07, 6.45) is 5.09. The Balaban J connectivity index is 1.96. The van der Waals surface area contributed by atoms with Gasteiger partial charge in [-0.05, 0) is 38.6 Å². The van der Waals surface area contributed by atoms with Gasteiger partial charge in [0, 0.05) is 25.7 Å². The van der Waals surface area contributed by atoms with Crippen molar-refractivity contribution in [2.45, 2.75) is 51.2 Å². The van der Waals surface area contributed by atoms with E-state index in [1.165, 1.54) is 6.42 Å². The lowest BCUT2D eigenvalue weighted by atomic mass is 10.0. The SMILES string of the molecule is CCCN(C(=O)[C@@H]1CCCO1)C1CCCNC1. The summed E-state index contributed by atoms with van der Waals surface area (Å²) in [4.78, 5) is 14.5. The predicted octanol–water partition coefficient (Wildman–Crippen LogP) is 1.16. The minimum Gasteiger partial charge on any atom is -0.368 e. The Morgan fingerprint density at radius 2 is 2.29 bits per heavy atom. The molecule has 4 nitrogen and oxygen atoms in total. The number of rotatable bonds is 4. The topological polar surface area (TPSA) is 41.6 Å². The van der Waals surface area contributed by atoms with Crippen LogP contribution >= 0.6 is 0 Å². The Labute approximate surface area is 104 Å². The van der Waals surface area contributed by atoms with Crippen LogP contribution in [-0.4, -0.2) is 49.2 Å². The molecule has 0 saturated carbocycles. The highest BCUT2D eigenvalue weighted by molar-refractivity contribution is 5.81. The van der Waals surface area contributed by atoms with Crippen LogP contribution in [0.5, 0.6) is 0 Å². The van der Waals surface area contributed by atoms with Gasteiger partial charge in [0.05, 0.1) is 0 Å². The molecule has 0 aromatic heterocycles. The maximum Gasteiger partial charge on any atom is 0.251 e. The zero-order chi connectivity index (χ0) is 12.1. The molecule has 0 bridgehead atoms. The molecule has 17 heavy (non-hydrogen) atoms. The molecule has 0 aliphatic carbocycles. The van der Waals surface area contributed by atoms with Gasteiger partial charge in [-0.25, -0.2) is 0 Å². The van der Waals surface area contributed by atoms with Gasteiger partial charge in [-0.15, -0.1) is 0 Å². The van der Waals surface area contributed by atoms with Crippen LogP contribution in [0.15, 0.2) is 0 Å². The highest BCUT2D eigenvalue weighted by atomic mass is 16.5. The fraction of sp³-hybridized carbons (Fsp3) is 0.923. The average Bonchev–Trinajstić information content (AvgIpc) is 2.90. The summed E-state index contributed by atoms with van der Waals surface area (Å²) >= 11 is 0. The molecule has 4 heteroatoms. The number of nitrogens with one attached hydrogen (secondary N) is 1. The molecule has 2 rings (SSSR count). The molecule has 0 aromatic rings. The highest BCUT2D eigenvalue weighted by Crippen LogP contribution is 2.19. The molecule has 2 fully saturated rings. The monoisotopic (exact) mass is 240 g/mol. The molecule has 1 amide bonds. The minimum absolute atomic E-state index is 0.163. The lowest BCUT2D eigenvalue weighted by Crippen LogP contribution is -2.51. The van der Waals surface area contributed by atoms with E-state index < -0.39 is 0 Å². The van der Waals surface area contributed by atoms with Crippen LogP contribution in [0.25, 0.3) is 0 Å². The summed E-state index contributed by atoms with van der Waals surface area (Å²) in [7, 11) is 0. The van der Waals surface area contributed by atoms with Gasteiger partial charge >= 0.3 is 0 Å². The molecular formula is C13H24N2O2. The summed E-state index contributed by atoms with van der Waals surface area (Å²) in [6.45, 7) is 5.78. The Kier molecular flexibility index (Phi) is 4.80. The zero-order valence-corrected chi connectivity index (χ0v) is 10.8. The third kappa shape index (κ3) is 3.19. The molecule has 1 N–H and O–H groups in total. The first kappa shape index (κ1) is 12.8. The number of hydrogen-bond donors (Lipinski definition) is 1. The third-order valence-corrected chi connectivity index (χ3v) is 3.66. The normalized spacial score (nSPS) is 29.2. The second kappa shape index (κ2) is 6.36. The smallest absolute Gasteiger partial charge is 0.251 e. The minimum atomic E-state index is -0.163. The molecule has 0 radical (unpaired) electrons. The van der Waals surface area contributed by atoms with Gasteiger partial charge in [-0.1, -0.05) is 6.92 Å². The van der Waals surface area contributed by atoms with Gasteiger partial charge in [0.15, 0.2) is 0 Å². The molecule has 2 heterocycles. The number of carbonyl (C=O) groups excluding carboxylic acids is 1. The van der Waals surface area contributed by atoms with E-state index in [4.69, 9.17) is 4.74 Å². The summed E-state index contributed by atoms with van der Waals surface area (Å²) in [5.74, 6) is 0.220. The lowest BCUT2D eigenvalue weighted by Gasteiger charge is -2.35. The first-order chi connectivity index (χ1) is 8.33. The van der Waals surface area contributed by atoms with Crippen LogP contribution in [0.1, 0.15) is 39.0 Å². The number of ether oxygens (including phenoxy) is 1. The van der Waals surface area contributed by atoms with E-state index in [1.807, 2.05) is 0 Å². The summed E-state index contributed by atoms with van der Waals surface area (Å²) in [5, 5.41) is 3.38. The summed E-state index contributed by atoms with van der Waals surface area (Å²) in [6, 6.07) is 0.375. The summed E-state index contributed by atoms with van der Waals surface area (Å²) in [5.41, 5.74) is 0. The van der Waals surface area contributed by atoms with Crippen molar-refractivity contribution in [2.24, 2.45) is 0 Å². The Bertz CT molecular complexity index is 246. The van der Waals surface area contributed by atoms with Crippen molar-refractivity contribution in [3.05, 3.63) is 0 Å². The number of hydrogen-bond acceptors (Lipinski definition) is 3. The van der Waals surface area contributed by atoms with Crippen molar-refractivity contribution in [2.75, 3.05) is 26.2 Å². The Morgan fingerprint density at radius 3 is 2.88 bits per heavy atom. The molecule has 2 atom stereocenters. The number of amides is 1. The molecular weight excluding hydrogens is 216 g/mol. The van der Waals surface area contributed by atoms with Crippen molar-refractivity contribution in [3.63, 3.8) is 0 Å². The zero-order valence-electron chi connectivity index (χ0n) is 10.8. The highest BCUT2D eigenvalue weighted by Gasteiger charge is 2.32. The number of nitrogens with zero attached hydrogens (tertiary/aromatic N) is 1. The molecule has 0 spiro atoms. The Morgan fingerprint density at radius 1 is 1.41 bits per heavy atom. The fourth-order valence-electron chi connectivity index (χ4n) is 2.77. The van der Waals surface area contributed by atoms with Gasteiger partial charge in [0.25, 0.3) is 5.91 Å². The van der Waals surface area contributed by atoms with Gasteiger partial charge in [0.1, 0.15) is 6.10 Å². The molecule has 2 aliphatic rings. The fourth-order valence-corrected chi connectivity index (χ4v) is 2.77. The maximum absolute atomic E-state index is 12.4. The van der Waals surface area contributed by atoms with Gasteiger partial charge in [0.2, 0.25) is 0 Å². The van der Waals surface area contributed by atoms with E-state index in [0.29, 0.717) is 6.04 Å². The van der Waals surface area contributed by atoms with Crippen LogP contribution in [-0.2, 0) is 9.53 Å². The molecule has 98 valence electrons. The summed E-state index contributed by atoms with van der Waals surface area (Å²) < 4.78 is 5.52. The van der Waals surface area contributed by atoms with E-state index in [0.717, 1.165) is 51.9 Å².